The molecule has 0 unspecified atom stereocenters. The van der Waals surface area contributed by atoms with Crippen LogP contribution in [0.5, 0.6) is 0 Å². The SMILES string of the molecule is CCc1cccc(NC(=O)C(=O)c2cccn2Cc2ccc(F)cc2)c1. The fourth-order valence-electron chi connectivity index (χ4n) is 2.72. The first-order chi connectivity index (χ1) is 12.6. The van der Waals surface area contributed by atoms with Crippen LogP contribution in [0.4, 0.5) is 10.1 Å². The molecule has 1 aromatic heterocycles. The van der Waals surface area contributed by atoms with Crippen molar-refractivity contribution in [3.63, 3.8) is 0 Å². The number of aryl methyl sites for hydroxylation is 1. The maximum Gasteiger partial charge on any atom is 0.298 e. The average molecular weight is 350 g/mol. The number of nitrogens with zero attached hydrogens (tertiary/aromatic N) is 1. The molecule has 1 heterocycles. The molecule has 26 heavy (non-hydrogen) atoms. The van der Waals surface area contributed by atoms with Gasteiger partial charge in [-0.15, -0.1) is 0 Å². The van der Waals surface area contributed by atoms with E-state index >= 15 is 0 Å². The number of benzene rings is 2. The number of Topliss-reactive ketones (excluding diaryl/α,β-unsaturated/α-hetero) is 1. The lowest BCUT2D eigenvalue weighted by molar-refractivity contribution is -0.112. The molecule has 0 aliphatic carbocycles. The summed E-state index contributed by atoms with van der Waals surface area (Å²) in [4.78, 5) is 24.9. The van der Waals surface area contributed by atoms with Crippen LogP contribution in [0.3, 0.4) is 0 Å². The second-order valence-electron chi connectivity index (χ2n) is 5.98. The Hall–Kier alpha value is -3.21. The largest absolute Gasteiger partial charge is 0.340 e. The Kier molecular flexibility index (Phi) is 5.27. The molecule has 1 N–H and O–H groups in total. The first-order valence-corrected chi connectivity index (χ1v) is 8.41. The van der Waals surface area contributed by atoms with Crippen molar-refractivity contribution in [3.05, 3.63) is 89.5 Å². The summed E-state index contributed by atoms with van der Waals surface area (Å²) < 4.78 is 14.7. The quantitative estimate of drug-likeness (QED) is 0.538. The van der Waals surface area contributed by atoms with Crippen LogP contribution in [0.15, 0.2) is 66.9 Å². The van der Waals surface area contributed by atoms with Crippen LogP contribution >= 0.6 is 0 Å². The highest BCUT2D eigenvalue weighted by Crippen LogP contribution is 2.13. The number of amides is 1. The highest BCUT2D eigenvalue weighted by Gasteiger charge is 2.20. The lowest BCUT2D eigenvalue weighted by atomic mass is 10.1. The minimum absolute atomic E-state index is 0.290. The van der Waals surface area contributed by atoms with E-state index in [0.717, 1.165) is 17.5 Å². The number of hydrogen-bond acceptors (Lipinski definition) is 2. The highest BCUT2D eigenvalue weighted by molar-refractivity contribution is 6.46. The molecule has 0 atom stereocenters. The molecular formula is C21H19FN2O2. The number of aromatic nitrogens is 1. The van der Waals surface area contributed by atoms with Gasteiger partial charge < -0.3 is 9.88 Å². The van der Waals surface area contributed by atoms with Crippen molar-refractivity contribution < 1.29 is 14.0 Å². The van der Waals surface area contributed by atoms with Crippen LogP contribution in [-0.4, -0.2) is 16.3 Å². The predicted octanol–water partition coefficient (Wildman–Crippen LogP) is 4.06. The number of ketones is 1. The van der Waals surface area contributed by atoms with Gasteiger partial charge in [0.05, 0.1) is 5.69 Å². The standard InChI is InChI=1S/C21H19FN2O2/c1-2-15-5-3-6-18(13-15)23-21(26)20(25)19-7-4-12-24(19)14-16-8-10-17(22)11-9-16/h3-13H,2,14H2,1H3,(H,23,26). The maximum atomic E-state index is 13.0. The average Bonchev–Trinajstić information content (AvgIpc) is 3.11. The predicted molar refractivity (Wildman–Crippen MR) is 98.7 cm³/mol. The Morgan fingerprint density at radius 3 is 2.50 bits per heavy atom. The van der Waals surface area contributed by atoms with Gasteiger partial charge in [0.1, 0.15) is 5.82 Å². The van der Waals surface area contributed by atoms with Crippen LogP contribution in [0.1, 0.15) is 28.5 Å². The summed E-state index contributed by atoms with van der Waals surface area (Å²) in [5, 5.41) is 2.65. The van der Waals surface area contributed by atoms with E-state index in [1.807, 2.05) is 25.1 Å². The van der Waals surface area contributed by atoms with E-state index in [2.05, 4.69) is 5.32 Å². The topological polar surface area (TPSA) is 51.1 Å². The van der Waals surface area contributed by atoms with E-state index in [0.29, 0.717) is 17.9 Å². The minimum Gasteiger partial charge on any atom is -0.340 e. The summed E-state index contributed by atoms with van der Waals surface area (Å²) in [5.41, 5.74) is 2.81. The van der Waals surface area contributed by atoms with Gasteiger partial charge in [0, 0.05) is 18.4 Å². The molecule has 0 saturated heterocycles. The summed E-state index contributed by atoms with van der Waals surface area (Å²) in [6.07, 6.45) is 2.57. The van der Waals surface area contributed by atoms with Gasteiger partial charge >= 0.3 is 0 Å². The van der Waals surface area contributed by atoms with Gasteiger partial charge in [-0.2, -0.15) is 0 Å². The molecule has 132 valence electrons. The number of rotatable bonds is 6. The van der Waals surface area contributed by atoms with E-state index in [4.69, 9.17) is 0 Å². The van der Waals surface area contributed by atoms with Crippen LogP contribution in [0.2, 0.25) is 0 Å². The zero-order valence-corrected chi connectivity index (χ0v) is 14.4. The van der Waals surface area contributed by atoms with Crippen molar-refractivity contribution in [2.75, 3.05) is 5.32 Å². The normalized spacial score (nSPS) is 10.5. The van der Waals surface area contributed by atoms with E-state index in [1.165, 1.54) is 12.1 Å². The maximum absolute atomic E-state index is 13.0. The third kappa shape index (κ3) is 4.06. The molecule has 4 nitrogen and oxygen atoms in total. The third-order valence-electron chi connectivity index (χ3n) is 4.13. The fourth-order valence-corrected chi connectivity index (χ4v) is 2.72. The van der Waals surface area contributed by atoms with E-state index in [-0.39, 0.29) is 5.82 Å². The first-order valence-electron chi connectivity index (χ1n) is 8.41. The molecule has 0 spiro atoms. The van der Waals surface area contributed by atoms with Crippen molar-refractivity contribution in [3.8, 4) is 0 Å². The second-order valence-corrected chi connectivity index (χ2v) is 5.98. The summed E-state index contributed by atoms with van der Waals surface area (Å²) >= 11 is 0. The van der Waals surface area contributed by atoms with Gasteiger partial charge in [-0.25, -0.2) is 4.39 Å². The molecule has 3 aromatic rings. The third-order valence-corrected chi connectivity index (χ3v) is 4.13. The highest BCUT2D eigenvalue weighted by atomic mass is 19.1. The van der Waals surface area contributed by atoms with Gasteiger partial charge in [0.15, 0.2) is 0 Å². The van der Waals surface area contributed by atoms with E-state index in [9.17, 15) is 14.0 Å². The molecule has 0 aliphatic rings. The number of carbonyl (C=O) groups is 2. The fraction of sp³-hybridized carbons (Fsp3) is 0.143. The molecule has 0 aliphatic heterocycles. The number of halogens is 1. The number of hydrogen-bond donors (Lipinski definition) is 1. The molecular weight excluding hydrogens is 331 g/mol. The summed E-state index contributed by atoms with van der Waals surface area (Å²) in [7, 11) is 0. The second kappa shape index (κ2) is 7.78. The van der Waals surface area contributed by atoms with Crippen molar-refractivity contribution in [2.24, 2.45) is 0 Å². The Balaban J connectivity index is 1.74. The van der Waals surface area contributed by atoms with Gasteiger partial charge in [0.2, 0.25) is 0 Å². The summed E-state index contributed by atoms with van der Waals surface area (Å²) in [6.45, 7) is 2.40. The van der Waals surface area contributed by atoms with Gasteiger partial charge in [-0.1, -0.05) is 31.2 Å². The van der Waals surface area contributed by atoms with E-state index < -0.39 is 11.7 Å². The van der Waals surface area contributed by atoms with Crippen molar-refractivity contribution >= 4 is 17.4 Å². The molecule has 0 radical (unpaired) electrons. The monoisotopic (exact) mass is 350 g/mol. The van der Waals surface area contributed by atoms with Crippen LogP contribution < -0.4 is 5.32 Å². The first kappa shape index (κ1) is 17.6. The Bertz CT molecular complexity index is 929. The lowest BCUT2D eigenvalue weighted by Crippen LogP contribution is -2.25. The van der Waals surface area contributed by atoms with E-state index in [1.54, 1.807) is 41.1 Å². The molecule has 5 heteroatoms. The van der Waals surface area contributed by atoms with Crippen molar-refractivity contribution in [1.82, 2.24) is 4.57 Å². The van der Waals surface area contributed by atoms with Crippen LogP contribution in [0.25, 0.3) is 0 Å². The molecule has 3 rings (SSSR count). The lowest BCUT2D eigenvalue weighted by Gasteiger charge is -2.10. The summed E-state index contributed by atoms with van der Waals surface area (Å²) in [6, 6.07) is 16.8. The summed E-state index contributed by atoms with van der Waals surface area (Å²) in [5.74, 6) is -1.61. The van der Waals surface area contributed by atoms with Crippen LogP contribution in [-0.2, 0) is 17.8 Å². The molecule has 2 aromatic carbocycles. The molecule has 1 amide bonds. The van der Waals surface area contributed by atoms with Crippen molar-refractivity contribution in [2.45, 2.75) is 19.9 Å². The van der Waals surface area contributed by atoms with Gasteiger partial charge in [-0.3, -0.25) is 9.59 Å². The Morgan fingerprint density at radius 2 is 1.77 bits per heavy atom. The molecule has 0 fully saturated rings. The number of nitrogens with one attached hydrogen (secondary N) is 1. The minimum atomic E-state index is -0.683. The van der Waals surface area contributed by atoms with Crippen molar-refractivity contribution in [1.29, 1.82) is 0 Å². The van der Waals surface area contributed by atoms with Gasteiger partial charge in [-0.05, 0) is 53.9 Å². The molecule has 0 saturated carbocycles. The van der Waals surface area contributed by atoms with Crippen LogP contribution in [0, 0.1) is 5.82 Å². The zero-order valence-electron chi connectivity index (χ0n) is 14.4. The molecule has 0 bridgehead atoms. The smallest absolute Gasteiger partial charge is 0.298 e. The Morgan fingerprint density at radius 1 is 1.00 bits per heavy atom. The number of carbonyl (C=O) groups excluding carboxylic acids is 2. The Labute approximate surface area is 151 Å². The number of anilines is 1. The van der Waals surface area contributed by atoms with Gasteiger partial charge in [0.25, 0.3) is 11.7 Å². The zero-order chi connectivity index (χ0) is 18.5.